The van der Waals surface area contributed by atoms with Gasteiger partial charge in [0.15, 0.2) is 0 Å². The molecule has 0 aromatic rings. The Bertz CT molecular complexity index is 1100. The Hall–Kier alpha value is -3.18. The second kappa shape index (κ2) is 38.0. The molecule has 5 N–H and O–H groups in total. The highest BCUT2D eigenvalue weighted by atomic mass is 16.5. The first-order valence-electron chi connectivity index (χ1n) is 22.0. The first kappa shape index (κ1) is 52.8. The molecule has 1 aliphatic rings. The number of unbranched alkanes of at least 4 members (excludes halogenated alkanes) is 14. The van der Waals surface area contributed by atoms with Crippen molar-refractivity contribution in [3.05, 3.63) is 0 Å². The first-order valence-corrected chi connectivity index (χ1v) is 22.0. The van der Waals surface area contributed by atoms with E-state index < -0.39 is 12.0 Å². The maximum Gasteiger partial charge on any atom is 0.303 e. The summed E-state index contributed by atoms with van der Waals surface area (Å²) in [7, 11) is 1.74. The molecule has 1 fully saturated rings. The van der Waals surface area contributed by atoms with Crippen molar-refractivity contribution in [3.63, 3.8) is 0 Å². The van der Waals surface area contributed by atoms with E-state index in [9.17, 15) is 28.8 Å². The lowest BCUT2D eigenvalue weighted by Gasteiger charge is -2.24. The topological polar surface area (TPSA) is 211 Å². The lowest BCUT2D eigenvalue weighted by Crippen LogP contribution is -2.46. The molecular weight excluding hydrogens is 750 g/mol. The fraction of sp³-hybridized carbons (Fsp3) is 0.857. The van der Waals surface area contributed by atoms with E-state index in [0.717, 1.165) is 70.5 Å². The van der Waals surface area contributed by atoms with E-state index in [1.54, 1.807) is 11.9 Å². The van der Waals surface area contributed by atoms with Crippen molar-refractivity contribution in [3.8, 4) is 0 Å². The van der Waals surface area contributed by atoms with Crippen LogP contribution in [-0.2, 0) is 47.7 Å². The number of likely N-dealkylation sites (tertiary alicyclic amines) is 1. The molecule has 0 spiro atoms. The fourth-order valence-corrected chi connectivity index (χ4v) is 6.65. The zero-order valence-electron chi connectivity index (χ0n) is 35.5. The quantitative estimate of drug-likeness (QED) is 0.0442. The van der Waals surface area contributed by atoms with Gasteiger partial charge in [0.25, 0.3) is 0 Å². The maximum atomic E-state index is 12.9. The van der Waals surface area contributed by atoms with Gasteiger partial charge in [-0.25, -0.2) is 0 Å². The Balaban J connectivity index is 1.91. The SMILES string of the molecule is CNC(C=O)CCCCNC(=O)COCCOCCNC(=O)COCCOCCNC(=O)C1CCCN1C(=O)CCCCCCCCCCCCCCCCC(=O)O. The average Bonchev–Trinajstić information content (AvgIpc) is 3.71. The summed E-state index contributed by atoms with van der Waals surface area (Å²) < 4.78 is 21.5. The number of carbonyl (C=O) groups is 6. The number of likely N-dealkylation sites (N-methyl/N-ethyl adjacent to an activating group) is 1. The molecule has 0 aromatic heterocycles. The van der Waals surface area contributed by atoms with E-state index in [-0.39, 0.29) is 75.7 Å². The molecular formula is C42H77N5O11. The van der Waals surface area contributed by atoms with Crippen LogP contribution in [0.15, 0.2) is 0 Å². The van der Waals surface area contributed by atoms with Gasteiger partial charge in [0, 0.05) is 39.0 Å². The number of hydrogen-bond donors (Lipinski definition) is 5. The van der Waals surface area contributed by atoms with Crippen LogP contribution in [0.25, 0.3) is 0 Å². The van der Waals surface area contributed by atoms with Crippen molar-refractivity contribution in [2.75, 3.05) is 86.1 Å². The Kier molecular flexibility index (Phi) is 34.7. The Morgan fingerprint density at radius 3 is 1.62 bits per heavy atom. The van der Waals surface area contributed by atoms with Crippen molar-refractivity contribution in [2.24, 2.45) is 0 Å². The number of nitrogens with zero attached hydrogens (tertiary/aromatic N) is 1. The summed E-state index contributed by atoms with van der Waals surface area (Å²) in [5.74, 6) is -1.26. The molecule has 0 aliphatic carbocycles. The molecule has 16 heteroatoms. The molecule has 58 heavy (non-hydrogen) atoms. The van der Waals surface area contributed by atoms with Gasteiger partial charge >= 0.3 is 5.97 Å². The highest BCUT2D eigenvalue weighted by Crippen LogP contribution is 2.20. The van der Waals surface area contributed by atoms with Crippen molar-refractivity contribution in [1.29, 1.82) is 0 Å². The number of rotatable bonds is 41. The van der Waals surface area contributed by atoms with Crippen LogP contribution in [0.2, 0.25) is 0 Å². The Morgan fingerprint density at radius 2 is 1.10 bits per heavy atom. The van der Waals surface area contributed by atoms with Gasteiger partial charge in [-0.2, -0.15) is 0 Å². The molecule has 1 saturated heterocycles. The summed E-state index contributed by atoms with van der Waals surface area (Å²) in [6.45, 7) is 3.26. The van der Waals surface area contributed by atoms with Crippen molar-refractivity contribution < 1.29 is 52.8 Å². The van der Waals surface area contributed by atoms with Crippen LogP contribution >= 0.6 is 0 Å². The van der Waals surface area contributed by atoms with E-state index >= 15 is 0 Å². The van der Waals surface area contributed by atoms with Crippen LogP contribution in [0.5, 0.6) is 0 Å². The van der Waals surface area contributed by atoms with Crippen LogP contribution in [0.4, 0.5) is 0 Å². The molecule has 0 saturated carbocycles. The first-order chi connectivity index (χ1) is 28.3. The van der Waals surface area contributed by atoms with Gasteiger partial charge in [0.05, 0.1) is 45.7 Å². The molecule has 2 unspecified atom stereocenters. The van der Waals surface area contributed by atoms with Crippen LogP contribution in [-0.4, -0.2) is 144 Å². The van der Waals surface area contributed by atoms with Crippen molar-refractivity contribution >= 4 is 35.9 Å². The minimum Gasteiger partial charge on any atom is -0.481 e. The van der Waals surface area contributed by atoms with Crippen LogP contribution < -0.4 is 21.3 Å². The summed E-state index contributed by atoms with van der Waals surface area (Å²) in [6, 6.07) is -0.568. The minimum absolute atomic E-state index is 0.0576. The van der Waals surface area contributed by atoms with Crippen LogP contribution in [0.1, 0.15) is 135 Å². The highest BCUT2D eigenvalue weighted by molar-refractivity contribution is 5.88. The van der Waals surface area contributed by atoms with Gasteiger partial charge in [0.2, 0.25) is 23.6 Å². The highest BCUT2D eigenvalue weighted by Gasteiger charge is 2.33. The molecule has 1 aliphatic heterocycles. The molecule has 4 amide bonds. The number of carboxylic acid groups (broad SMARTS) is 1. The number of aldehydes is 1. The fourth-order valence-electron chi connectivity index (χ4n) is 6.65. The summed E-state index contributed by atoms with van der Waals surface area (Å²) in [4.78, 5) is 72.4. The average molecular weight is 828 g/mol. The number of ether oxygens (including phenoxy) is 4. The second-order valence-electron chi connectivity index (χ2n) is 14.9. The number of amides is 4. The number of nitrogens with one attached hydrogen (secondary N) is 4. The number of carbonyl (C=O) groups excluding carboxylic acids is 5. The van der Waals surface area contributed by atoms with Gasteiger partial charge in [-0.1, -0.05) is 77.0 Å². The molecule has 0 aromatic carbocycles. The molecule has 1 rings (SSSR count). The van der Waals surface area contributed by atoms with E-state index in [4.69, 9.17) is 24.1 Å². The smallest absolute Gasteiger partial charge is 0.303 e. The van der Waals surface area contributed by atoms with E-state index in [2.05, 4.69) is 21.3 Å². The molecule has 0 bridgehead atoms. The lowest BCUT2D eigenvalue weighted by atomic mass is 10.0. The second-order valence-corrected chi connectivity index (χ2v) is 14.9. The zero-order chi connectivity index (χ0) is 42.3. The summed E-state index contributed by atoms with van der Waals surface area (Å²) in [6.07, 6.45) is 21.4. The normalized spacial score (nSPS) is 14.3. The van der Waals surface area contributed by atoms with Gasteiger partial charge in [0.1, 0.15) is 25.5 Å². The predicted octanol–water partition coefficient (Wildman–Crippen LogP) is 3.68. The van der Waals surface area contributed by atoms with Gasteiger partial charge in [-0.05, 0) is 52.0 Å². The van der Waals surface area contributed by atoms with Crippen LogP contribution in [0.3, 0.4) is 0 Å². The molecule has 0 radical (unpaired) electrons. The van der Waals surface area contributed by atoms with Gasteiger partial charge < -0.3 is 55.0 Å². The third-order valence-electron chi connectivity index (χ3n) is 10.0. The standard InChI is InChI=1S/C42H77N5O11/c1-43-36(33-48)19-16-17-23-44-38(49)34-57-31-29-55-27-24-45-39(50)35-58-32-30-56-28-25-46-42(54)37-20-18-26-47(37)40(51)21-14-12-10-8-6-4-2-3-5-7-9-11-13-15-22-41(52)53/h33,36-37,43H,2-32,34-35H2,1H3,(H,44,49)(H,45,50)(H,46,54)(H,52,53). The van der Waals surface area contributed by atoms with E-state index in [0.29, 0.717) is 52.2 Å². The van der Waals surface area contributed by atoms with Gasteiger partial charge in [-0.3, -0.25) is 24.0 Å². The lowest BCUT2D eigenvalue weighted by molar-refractivity contribution is -0.138. The summed E-state index contributed by atoms with van der Waals surface area (Å²) in [5, 5.41) is 19.9. The minimum atomic E-state index is -0.698. The summed E-state index contributed by atoms with van der Waals surface area (Å²) in [5.41, 5.74) is 0. The molecule has 1 heterocycles. The molecule has 16 nitrogen and oxygen atoms in total. The summed E-state index contributed by atoms with van der Waals surface area (Å²) >= 11 is 0. The maximum absolute atomic E-state index is 12.9. The third kappa shape index (κ3) is 30.8. The molecule has 2 atom stereocenters. The number of carboxylic acids is 1. The Labute approximate surface area is 347 Å². The van der Waals surface area contributed by atoms with E-state index in [1.165, 1.54) is 51.4 Å². The monoisotopic (exact) mass is 828 g/mol. The van der Waals surface area contributed by atoms with Crippen molar-refractivity contribution in [2.45, 2.75) is 147 Å². The van der Waals surface area contributed by atoms with Crippen LogP contribution in [0, 0.1) is 0 Å². The Morgan fingerprint density at radius 1 is 0.621 bits per heavy atom. The number of aliphatic carboxylic acids is 1. The van der Waals surface area contributed by atoms with Crippen molar-refractivity contribution in [1.82, 2.24) is 26.2 Å². The van der Waals surface area contributed by atoms with Gasteiger partial charge in [-0.15, -0.1) is 0 Å². The number of hydrogen-bond acceptors (Lipinski definition) is 11. The largest absolute Gasteiger partial charge is 0.481 e. The zero-order valence-corrected chi connectivity index (χ0v) is 35.5. The third-order valence-corrected chi connectivity index (χ3v) is 10.0. The van der Waals surface area contributed by atoms with E-state index in [1.807, 2.05) is 0 Å². The predicted molar refractivity (Wildman–Crippen MR) is 221 cm³/mol. The molecule has 336 valence electrons.